The average molecular weight is 454 g/mol. The summed E-state index contributed by atoms with van der Waals surface area (Å²) in [5.41, 5.74) is 4.20. The molecule has 0 radical (unpaired) electrons. The van der Waals surface area contributed by atoms with Gasteiger partial charge >= 0.3 is 0 Å². The number of nitrogens with two attached hydrogens (primary N) is 1. The molecule has 0 spiro atoms. The number of hydrogen-bond acceptors (Lipinski definition) is 7. The van der Waals surface area contributed by atoms with Crippen LogP contribution in [0.25, 0.3) is 10.7 Å². The summed E-state index contributed by atoms with van der Waals surface area (Å²) in [6, 6.07) is 14.1. The number of amides is 1. The highest BCUT2D eigenvalue weighted by Crippen LogP contribution is 2.25. The first kappa shape index (κ1) is 21.1. The van der Waals surface area contributed by atoms with Crippen molar-refractivity contribution in [1.82, 2.24) is 30.0 Å². The molecule has 160 valence electrons. The van der Waals surface area contributed by atoms with Crippen molar-refractivity contribution in [2.75, 3.05) is 11.6 Å². The van der Waals surface area contributed by atoms with Gasteiger partial charge in [-0.2, -0.15) is 5.10 Å². The Hall–Kier alpha value is -3.11. The molecule has 3 aromatic heterocycles. The van der Waals surface area contributed by atoms with Gasteiger partial charge in [0.05, 0.1) is 22.9 Å². The first-order valence-corrected chi connectivity index (χ1v) is 11.6. The summed E-state index contributed by atoms with van der Waals surface area (Å²) in [7, 11) is 0. The van der Waals surface area contributed by atoms with E-state index < -0.39 is 0 Å². The van der Waals surface area contributed by atoms with Crippen molar-refractivity contribution in [1.29, 1.82) is 0 Å². The molecule has 0 aliphatic carbocycles. The van der Waals surface area contributed by atoms with Crippen LogP contribution in [0.15, 0.2) is 53.0 Å². The molecule has 0 saturated heterocycles. The molecule has 10 heteroatoms. The number of nitrogens with one attached hydrogen (secondary N) is 1. The molecule has 0 aliphatic heterocycles. The molecule has 4 aromatic rings. The molecular formula is C21H23N7OS2. The fourth-order valence-corrected chi connectivity index (χ4v) is 4.61. The lowest BCUT2D eigenvalue weighted by Gasteiger charge is -2.07. The van der Waals surface area contributed by atoms with E-state index in [2.05, 4.69) is 32.7 Å². The van der Waals surface area contributed by atoms with E-state index in [1.807, 2.05) is 54.2 Å². The molecule has 3 heterocycles. The van der Waals surface area contributed by atoms with Gasteiger partial charge in [0.25, 0.3) is 0 Å². The zero-order valence-electron chi connectivity index (χ0n) is 17.3. The van der Waals surface area contributed by atoms with Crippen LogP contribution in [0.1, 0.15) is 22.5 Å². The number of nitrogen functional groups attached to an aromatic ring is 1. The van der Waals surface area contributed by atoms with Gasteiger partial charge in [0.1, 0.15) is 0 Å². The lowest BCUT2D eigenvalue weighted by atomic mass is 10.2. The van der Waals surface area contributed by atoms with E-state index in [4.69, 9.17) is 5.84 Å². The molecule has 1 aromatic carbocycles. The van der Waals surface area contributed by atoms with Gasteiger partial charge in [-0.1, -0.05) is 48.2 Å². The van der Waals surface area contributed by atoms with Gasteiger partial charge in [-0.15, -0.1) is 21.5 Å². The van der Waals surface area contributed by atoms with E-state index in [9.17, 15) is 4.79 Å². The van der Waals surface area contributed by atoms with Crippen molar-refractivity contribution in [2.24, 2.45) is 0 Å². The van der Waals surface area contributed by atoms with Crippen molar-refractivity contribution < 1.29 is 4.79 Å². The van der Waals surface area contributed by atoms with E-state index in [1.165, 1.54) is 33.3 Å². The normalized spacial score (nSPS) is 11.0. The number of aromatic nitrogens is 5. The maximum atomic E-state index is 12.4. The molecule has 0 fully saturated rings. The Morgan fingerprint density at radius 1 is 1.16 bits per heavy atom. The van der Waals surface area contributed by atoms with Gasteiger partial charge in [-0.05, 0) is 30.9 Å². The molecule has 3 N–H and O–H groups in total. The minimum Gasteiger partial charge on any atom is -0.351 e. The lowest BCUT2D eigenvalue weighted by Crippen LogP contribution is -2.25. The van der Waals surface area contributed by atoms with Crippen LogP contribution in [-0.4, -0.2) is 36.3 Å². The van der Waals surface area contributed by atoms with E-state index >= 15 is 0 Å². The number of carbonyl (C=O) groups is 1. The van der Waals surface area contributed by atoms with Gasteiger partial charge in [-0.3, -0.25) is 9.48 Å². The van der Waals surface area contributed by atoms with Gasteiger partial charge in [0, 0.05) is 17.8 Å². The zero-order chi connectivity index (χ0) is 21.8. The Morgan fingerprint density at radius 3 is 2.71 bits per heavy atom. The van der Waals surface area contributed by atoms with Crippen LogP contribution in [0, 0.1) is 13.8 Å². The van der Waals surface area contributed by atoms with E-state index in [1.54, 1.807) is 0 Å². The molecule has 0 unspecified atom stereocenters. The predicted molar refractivity (Wildman–Crippen MR) is 123 cm³/mol. The van der Waals surface area contributed by atoms with Crippen LogP contribution in [0.5, 0.6) is 0 Å². The van der Waals surface area contributed by atoms with Crippen LogP contribution < -0.4 is 11.2 Å². The summed E-state index contributed by atoms with van der Waals surface area (Å²) in [5.74, 6) is 6.79. The average Bonchev–Trinajstić information content (AvgIpc) is 3.47. The fourth-order valence-electron chi connectivity index (χ4n) is 3.22. The van der Waals surface area contributed by atoms with Crippen molar-refractivity contribution in [3.63, 3.8) is 0 Å². The first-order valence-electron chi connectivity index (χ1n) is 9.73. The first-order chi connectivity index (χ1) is 15.0. The molecule has 0 aliphatic rings. The molecule has 0 bridgehead atoms. The third kappa shape index (κ3) is 4.80. The molecule has 1 amide bonds. The fraction of sp³-hybridized carbons (Fsp3) is 0.238. The Labute approximate surface area is 188 Å². The summed E-state index contributed by atoms with van der Waals surface area (Å²) in [4.78, 5) is 13.3. The summed E-state index contributed by atoms with van der Waals surface area (Å²) < 4.78 is 3.40. The third-order valence-corrected chi connectivity index (χ3v) is 6.72. The van der Waals surface area contributed by atoms with Crippen LogP contribution in [0.4, 0.5) is 0 Å². The van der Waals surface area contributed by atoms with Crippen LogP contribution >= 0.6 is 23.1 Å². The summed E-state index contributed by atoms with van der Waals surface area (Å²) in [6.45, 7) is 5.13. The quantitative estimate of drug-likeness (QED) is 0.314. The van der Waals surface area contributed by atoms with E-state index in [0.717, 1.165) is 21.8 Å². The molecule has 31 heavy (non-hydrogen) atoms. The molecule has 0 saturated carbocycles. The highest BCUT2D eigenvalue weighted by molar-refractivity contribution is 7.99. The predicted octanol–water partition coefficient (Wildman–Crippen LogP) is 2.99. The minimum absolute atomic E-state index is 0.0970. The highest BCUT2D eigenvalue weighted by atomic mass is 32.2. The van der Waals surface area contributed by atoms with Gasteiger partial charge in [0.15, 0.2) is 5.82 Å². The minimum atomic E-state index is -0.0970. The number of benzene rings is 1. The lowest BCUT2D eigenvalue weighted by molar-refractivity contribution is -0.118. The van der Waals surface area contributed by atoms with Crippen molar-refractivity contribution in [3.8, 4) is 10.7 Å². The standard InChI is InChI=1S/C21H23N7OS2/c1-14-17(15(2)27(26-14)12-16-7-4-3-5-8-16)11-23-19(29)13-31-21-25-24-20(28(21)22)18-9-6-10-30-18/h3-10H,11-13,22H2,1-2H3,(H,23,29). The number of carbonyl (C=O) groups excluding carboxylic acids is 1. The second kappa shape index (κ2) is 9.36. The highest BCUT2D eigenvalue weighted by Gasteiger charge is 2.16. The monoisotopic (exact) mass is 453 g/mol. The van der Waals surface area contributed by atoms with Gasteiger partial charge in [0.2, 0.25) is 11.1 Å². The molecule has 4 rings (SSSR count). The second-order valence-electron chi connectivity index (χ2n) is 7.01. The number of rotatable bonds is 8. The van der Waals surface area contributed by atoms with Gasteiger partial charge in [-0.25, -0.2) is 4.68 Å². The number of hydrogen-bond donors (Lipinski definition) is 2. The Kier molecular flexibility index (Phi) is 6.38. The Bertz CT molecular complexity index is 1170. The van der Waals surface area contributed by atoms with E-state index in [-0.39, 0.29) is 11.7 Å². The number of aryl methyl sites for hydroxylation is 1. The summed E-state index contributed by atoms with van der Waals surface area (Å²) in [6.07, 6.45) is 0. The SMILES string of the molecule is Cc1nn(Cc2ccccc2)c(C)c1CNC(=O)CSc1nnc(-c2cccs2)n1N. The van der Waals surface area contributed by atoms with Crippen molar-refractivity contribution >= 4 is 29.0 Å². The second-order valence-corrected chi connectivity index (χ2v) is 8.90. The van der Waals surface area contributed by atoms with Gasteiger partial charge < -0.3 is 11.2 Å². The van der Waals surface area contributed by atoms with Crippen LogP contribution in [0.3, 0.4) is 0 Å². The van der Waals surface area contributed by atoms with E-state index in [0.29, 0.717) is 24.1 Å². The number of thiophene rings is 1. The topological polar surface area (TPSA) is 104 Å². The Morgan fingerprint density at radius 2 is 1.97 bits per heavy atom. The number of thioether (sulfide) groups is 1. The number of nitrogens with zero attached hydrogens (tertiary/aromatic N) is 5. The zero-order valence-corrected chi connectivity index (χ0v) is 18.9. The smallest absolute Gasteiger partial charge is 0.230 e. The maximum absolute atomic E-state index is 12.4. The van der Waals surface area contributed by atoms with Crippen molar-refractivity contribution in [2.45, 2.75) is 32.1 Å². The molecule has 0 atom stereocenters. The third-order valence-electron chi connectivity index (χ3n) is 4.91. The van der Waals surface area contributed by atoms with Crippen LogP contribution in [0.2, 0.25) is 0 Å². The summed E-state index contributed by atoms with van der Waals surface area (Å²) in [5, 5.41) is 18.3. The largest absolute Gasteiger partial charge is 0.351 e. The molecular weight excluding hydrogens is 430 g/mol. The Balaban J connectivity index is 1.33. The van der Waals surface area contributed by atoms with Crippen molar-refractivity contribution in [3.05, 3.63) is 70.4 Å². The van der Waals surface area contributed by atoms with Crippen LogP contribution in [-0.2, 0) is 17.9 Å². The molecule has 8 nitrogen and oxygen atoms in total. The summed E-state index contributed by atoms with van der Waals surface area (Å²) >= 11 is 2.80. The maximum Gasteiger partial charge on any atom is 0.230 e.